The van der Waals surface area contributed by atoms with Crippen LogP contribution in [0.15, 0.2) is 11.1 Å². The maximum atomic E-state index is 8.47. The lowest BCUT2D eigenvalue weighted by atomic mass is 9.97. The van der Waals surface area contributed by atoms with Gasteiger partial charge in [0.1, 0.15) is 0 Å². The van der Waals surface area contributed by atoms with Crippen LogP contribution in [0.4, 0.5) is 0 Å². The first kappa shape index (κ1) is 5.97. The second-order valence-electron chi connectivity index (χ2n) is 3.35. The Morgan fingerprint density at radius 2 is 2.40 bits per heavy atom. The third-order valence-electron chi connectivity index (χ3n) is 2.72. The van der Waals surface area contributed by atoms with Crippen LogP contribution in [0.25, 0.3) is 0 Å². The molecule has 1 heteroatoms. The molecule has 2 aliphatic rings. The van der Waals surface area contributed by atoms with E-state index in [2.05, 4.69) is 6.07 Å². The Morgan fingerprint density at radius 3 is 2.90 bits per heavy atom. The average molecular weight is 133 g/mol. The number of rotatable bonds is 1. The van der Waals surface area contributed by atoms with E-state index in [0.717, 1.165) is 5.92 Å². The van der Waals surface area contributed by atoms with Crippen molar-refractivity contribution in [1.29, 1.82) is 5.26 Å². The average Bonchev–Trinajstić information content (AvgIpc) is 2.48. The van der Waals surface area contributed by atoms with Crippen LogP contribution >= 0.6 is 0 Å². The summed E-state index contributed by atoms with van der Waals surface area (Å²) in [6, 6.07) is 2.24. The Labute approximate surface area is 61.4 Å². The molecule has 0 aromatic carbocycles. The highest BCUT2D eigenvalue weighted by Crippen LogP contribution is 2.44. The highest BCUT2D eigenvalue weighted by molar-refractivity contribution is 5.27. The molecular formula is C9H11N. The SMILES string of the molecule is N#CCC1=C2CCC(C1)C2. The summed E-state index contributed by atoms with van der Waals surface area (Å²) >= 11 is 0. The van der Waals surface area contributed by atoms with Crippen molar-refractivity contribution >= 4 is 0 Å². The van der Waals surface area contributed by atoms with Crippen LogP contribution in [0.5, 0.6) is 0 Å². The minimum atomic E-state index is 0.700. The Morgan fingerprint density at radius 1 is 1.50 bits per heavy atom. The van der Waals surface area contributed by atoms with E-state index in [1.807, 2.05) is 0 Å². The van der Waals surface area contributed by atoms with Gasteiger partial charge in [0.15, 0.2) is 0 Å². The molecule has 1 atom stereocenters. The lowest BCUT2D eigenvalue weighted by Gasteiger charge is -2.07. The van der Waals surface area contributed by atoms with Gasteiger partial charge >= 0.3 is 0 Å². The minimum absolute atomic E-state index is 0.700. The quantitative estimate of drug-likeness (QED) is 0.504. The van der Waals surface area contributed by atoms with Crippen molar-refractivity contribution in [3.63, 3.8) is 0 Å². The van der Waals surface area contributed by atoms with Crippen LogP contribution in [0.2, 0.25) is 0 Å². The zero-order chi connectivity index (χ0) is 6.97. The third-order valence-corrected chi connectivity index (χ3v) is 2.72. The van der Waals surface area contributed by atoms with Crippen molar-refractivity contribution in [1.82, 2.24) is 0 Å². The Kier molecular flexibility index (Phi) is 1.27. The largest absolute Gasteiger partial charge is 0.198 e. The number of hydrogen-bond acceptors (Lipinski definition) is 1. The Balaban J connectivity index is 2.16. The second-order valence-corrected chi connectivity index (χ2v) is 3.35. The predicted molar refractivity (Wildman–Crippen MR) is 39.2 cm³/mol. The van der Waals surface area contributed by atoms with Crippen LogP contribution in [0.3, 0.4) is 0 Å². The highest BCUT2D eigenvalue weighted by atomic mass is 14.3. The molecule has 0 saturated heterocycles. The summed E-state index contributed by atoms with van der Waals surface area (Å²) in [5, 5.41) is 8.47. The predicted octanol–water partition coefficient (Wildman–Crippen LogP) is 2.40. The van der Waals surface area contributed by atoms with Crippen molar-refractivity contribution in [3.8, 4) is 6.07 Å². The monoisotopic (exact) mass is 133 g/mol. The molecule has 0 aromatic heterocycles. The van der Waals surface area contributed by atoms with E-state index < -0.39 is 0 Å². The van der Waals surface area contributed by atoms with Crippen LogP contribution in [-0.2, 0) is 0 Å². The summed E-state index contributed by atoms with van der Waals surface area (Å²) in [4.78, 5) is 0. The molecule has 1 nitrogen and oxygen atoms in total. The van der Waals surface area contributed by atoms with E-state index in [4.69, 9.17) is 5.26 Å². The standard InChI is InChI=1S/C9H11N/c10-4-3-9-6-7-1-2-8(9)5-7/h7H,1-3,5-6H2. The van der Waals surface area contributed by atoms with Crippen molar-refractivity contribution in [2.75, 3.05) is 0 Å². The lowest BCUT2D eigenvalue weighted by Crippen LogP contribution is -1.93. The van der Waals surface area contributed by atoms with E-state index in [1.54, 1.807) is 5.57 Å². The molecule has 0 spiro atoms. The van der Waals surface area contributed by atoms with Gasteiger partial charge in [-0.25, -0.2) is 0 Å². The highest BCUT2D eigenvalue weighted by Gasteiger charge is 2.29. The summed E-state index contributed by atoms with van der Waals surface area (Å²) in [5.41, 5.74) is 3.09. The molecule has 2 aliphatic carbocycles. The smallest absolute Gasteiger partial charge is 0.0666 e. The molecule has 0 radical (unpaired) electrons. The molecule has 0 aliphatic heterocycles. The van der Waals surface area contributed by atoms with Crippen LogP contribution in [0.1, 0.15) is 32.1 Å². The second kappa shape index (κ2) is 2.12. The third kappa shape index (κ3) is 0.759. The fraction of sp³-hybridized carbons (Fsp3) is 0.667. The number of nitriles is 1. The summed E-state index contributed by atoms with van der Waals surface area (Å²) in [6.07, 6.45) is 5.94. The first-order chi connectivity index (χ1) is 4.90. The maximum Gasteiger partial charge on any atom is 0.0666 e. The van der Waals surface area contributed by atoms with Crippen LogP contribution in [-0.4, -0.2) is 0 Å². The molecule has 2 bridgehead atoms. The van der Waals surface area contributed by atoms with Gasteiger partial charge in [-0.15, -0.1) is 0 Å². The first-order valence-corrected chi connectivity index (χ1v) is 3.97. The molecular weight excluding hydrogens is 122 g/mol. The Hall–Kier alpha value is -0.770. The van der Waals surface area contributed by atoms with E-state index >= 15 is 0 Å². The molecule has 2 rings (SSSR count). The van der Waals surface area contributed by atoms with Crippen molar-refractivity contribution in [3.05, 3.63) is 11.1 Å². The van der Waals surface area contributed by atoms with Crippen molar-refractivity contribution in [2.24, 2.45) is 5.92 Å². The molecule has 1 saturated carbocycles. The van der Waals surface area contributed by atoms with Gasteiger partial charge in [-0.2, -0.15) is 5.26 Å². The van der Waals surface area contributed by atoms with E-state index in [-0.39, 0.29) is 0 Å². The van der Waals surface area contributed by atoms with Crippen LogP contribution in [0, 0.1) is 17.2 Å². The zero-order valence-electron chi connectivity index (χ0n) is 6.06. The minimum Gasteiger partial charge on any atom is -0.198 e. The van der Waals surface area contributed by atoms with Crippen molar-refractivity contribution < 1.29 is 0 Å². The molecule has 0 aromatic rings. The molecule has 0 N–H and O–H groups in total. The van der Waals surface area contributed by atoms with E-state index in [9.17, 15) is 0 Å². The molecule has 10 heavy (non-hydrogen) atoms. The lowest BCUT2D eigenvalue weighted by molar-refractivity contribution is 0.560. The van der Waals surface area contributed by atoms with Gasteiger partial charge in [0.05, 0.1) is 12.5 Å². The van der Waals surface area contributed by atoms with Gasteiger partial charge in [0.2, 0.25) is 0 Å². The number of hydrogen-bond donors (Lipinski definition) is 0. The van der Waals surface area contributed by atoms with Gasteiger partial charge in [-0.05, 0) is 31.6 Å². The molecule has 0 heterocycles. The fourth-order valence-corrected chi connectivity index (χ4v) is 2.21. The summed E-state index contributed by atoms with van der Waals surface area (Å²) in [5.74, 6) is 0.929. The molecule has 1 unspecified atom stereocenters. The molecule has 0 amide bonds. The maximum absolute atomic E-state index is 8.47. The fourth-order valence-electron chi connectivity index (χ4n) is 2.21. The number of nitrogens with zero attached hydrogens (tertiary/aromatic N) is 1. The summed E-state index contributed by atoms with van der Waals surface area (Å²) in [6.45, 7) is 0. The molecule has 1 fully saturated rings. The first-order valence-electron chi connectivity index (χ1n) is 3.97. The van der Waals surface area contributed by atoms with Gasteiger partial charge in [0, 0.05) is 0 Å². The van der Waals surface area contributed by atoms with Crippen LogP contribution < -0.4 is 0 Å². The van der Waals surface area contributed by atoms with Gasteiger partial charge in [0.25, 0.3) is 0 Å². The molecule has 52 valence electrons. The van der Waals surface area contributed by atoms with Gasteiger partial charge < -0.3 is 0 Å². The Bertz CT molecular complexity index is 219. The normalized spacial score (nSPS) is 29.3. The topological polar surface area (TPSA) is 23.8 Å². The summed E-state index contributed by atoms with van der Waals surface area (Å²) in [7, 11) is 0. The number of allylic oxidation sites excluding steroid dienone is 2. The van der Waals surface area contributed by atoms with Gasteiger partial charge in [-0.1, -0.05) is 11.1 Å². The number of fused-ring (bicyclic) bond motifs is 2. The van der Waals surface area contributed by atoms with E-state index in [1.165, 1.54) is 31.3 Å². The van der Waals surface area contributed by atoms with E-state index in [0.29, 0.717) is 6.42 Å². The van der Waals surface area contributed by atoms with Gasteiger partial charge in [-0.3, -0.25) is 0 Å². The van der Waals surface area contributed by atoms with Crippen molar-refractivity contribution in [2.45, 2.75) is 32.1 Å². The summed E-state index contributed by atoms with van der Waals surface area (Å²) < 4.78 is 0. The zero-order valence-corrected chi connectivity index (χ0v) is 6.06.